The Bertz CT molecular complexity index is 360. The first kappa shape index (κ1) is 14.7. The number of nitrogens with two attached hydrogens (primary N) is 1. The molecule has 96 valence electrons. The molecule has 2 unspecified atom stereocenters. The summed E-state index contributed by atoms with van der Waals surface area (Å²) in [4.78, 5) is 0. The summed E-state index contributed by atoms with van der Waals surface area (Å²) in [5.41, 5.74) is 3.75. The van der Waals surface area contributed by atoms with Crippen LogP contribution in [-0.4, -0.2) is 13.2 Å². The van der Waals surface area contributed by atoms with E-state index < -0.39 is 0 Å². The smallest absolute Gasteiger partial charge is 0.0778 e. The van der Waals surface area contributed by atoms with E-state index in [9.17, 15) is 0 Å². The van der Waals surface area contributed by atoms with Crippen LogP contribution in [-0.2, 0) is 4.74 Å². The molecule has 2 atom stereocenters. The lowest BCUT2D eigenvalue weighted by Crippen LogP contribution is -2.37. The zero-order valence-corrected chi connectivity index (χ0v) is 11.6. The first-order valence-electron chi connectivity index (χ1n) is 5.57. The molecule has 0 aliphatic rings. The number of hydrogen-bond donors (Lipinski definition) is 2. The van der Waals surface area contributed by atoms with E-state index in [4.69, 9.17) is 33.8 Å². The molecule has 1 rings (SSSR count). The summed E-state index contributed by atoms with van der Waals surface area (Å²) in [7, 11) is 1.68. The predicted molar refractivity (Wildman–Crippen MR) is 72.2 cm³/mol. The monoisotopic (exact) mass is 276 g/mol. The summed E-state index contributed by atoms with van der Waals surface area (Å²) < 4.78 is 5.45. The van der Waals surface area contributed by atoms with Crippen molar-refractivity contribution in [3.8, 4) is 0 Å². The van der Waals surface area contributed by atoms with Crippen molar-refractivity contribution in [1.82, 2.24) is 5.43 Å². The highest BCUT2D eigenvalue weighted by Crippen LogP contribution is 2.28. The third-order valence-corrected chi connectivity index (χ3v) is 3.47. The molecule has 3 nitrogen and oxygen atoms in total. The molecule has 0 spiro atoms. The molecule has 0 heterocycles. The highest BCUT2D eigenvalue weighted by Gasteiger charge is 2.21. The van der Waals surface area contributed by atoms with Gasteiger partial charge in [-0.05, 0) is 24.1 Å². The number of hydrazine groups is 1. The molecular formula is C12H18Cl2N2O. The molecule has 0 saturated carbocycles. The zero-order chi connectivity index (χ0) is 12.8. The van der Waals surface area contributed by atoms with Gasteiger partial charge in [-0.1, -0.05) is 42.6 Å². The summed E-state index contributed by atoms with van der Waals surface area (Å²) >= 11 is 11.9. The second-order valence-corrected chi connectivity index (χ2v) is 4.70. The minimum absolute atomic E-state index is 0.0160. The molecule has 0 saturated heterocycles. The van der Waals surface area contributed by atoms with Crippen LogP contribution in [0, 0.1) is 0 Å². The standard InChI is InChI=1S/C12H18Cl2N2O/c1-3-4-11(17-2)12(16-15)8-5-6-9(13)10(14)7-8/h5-7,11-12,16H,3-4,15H2,1-2H3. The Hall–Kier alpha value is -0.320. The van der Waals surface area contributed by atoms with Crippen molar-refractivity contribution in [2.24, 2.45) is 5.84 Å². The minimum Gasteiger partial charge on any atom is -0.379 e. The number of ether oxygens (including phenoxy) is 1. The van der Waals surface area contributed by atoms with Crippen LogP contribution in [0.15, 0.2) is 18.2 Å². The SMILES string of the molecule is CCCC(OC)C(NN)c1ccc(Cl)c(Cl)c1. The van der Waals surface area contributed by atoms with E-state index in [0.29, 0.717) is 10.0 Å². The number of halogens is 2. The van der Waals surface area contributed by atoms with Crippen molar-refractivity contribution in [2.75, 3.05) is 7.11 Å². The maximum absolute atomic E-state index is 6.00. The Morgan fingerprint density at radius 3 is 2.53 bits per heavy atom. The fourth-order valence-corrected chi connectivity index (χ4v) is 2.14. The van der Waals surface area contributed by atoms with E-state index >= 15 is 0 Å². The van der Waals surface area contributed by atoms with Gasteiger partial charge in [-0.25, -0.2) is 0 Å². The quantitative estimate of drug-likeness (QED) is 0.619. The van der Waals surface area contributed by atoms with E-state index in [0.717, 1.165) is 18.4 Å². The molecular weight excluding hydrogens is 259 g/mol. The second kappa shape index (κ2) is 7.19. The number of benzene rings is 1. The van der Waals surface area contributed by atoms with Crippen LogP contribution < -0.4 is 11.3 Å². The molecule has 0 fully saturated rings. The van der Waals surface area contributed by atoms with Crippen LogP contribution in [0.1, 0.15) is 31.4 Å². The van der Waals surface area contributed by atoms with Gasteiger partial charge in [0.2, 0.25) is 0 Å². The molecule has 3 N–H and O–H groups in total. The van der Waals surface area contributed by atoms with E-state index in [2.05, 4.69) is 12.3 Å². The average Bonchev–Trinajstić information content (AvgIpc) is 2.33. The Morgan fingerprint density at radius 1 is 1.35 bits per heavy atom. The second-order valence-electron chi connectivity index (χ2n) is 3.88. The number of nitrogens with one attached hydrogen (secondary N) is 1. The largest absolute Gasteiger partial charge is 0.379 e. The van der Waals surface area contributed by atoms with Gasteiger partial charge in [0.15, 0.2) is 0 Å². The van der Waals surface area contributed by atoms with E-state index in [-0.39, 0.29) is 12.1 Å². The molecule has 0 aliphatic heterocycles. The summed E-state index contributed by atoms with van der Waals surface area (Å²) in [6.07, 6.45) is 1.96. The molecule has 17 heavy (non-hydrogen) atoms. The highest BCUT2D eigenvalue weighted by atomic mass is 35.5. The molecule has 0 radical (unpaired) electrons. The molecule has 0 aromatic heterocycles. The summed E-state index contributed by atoms with van der Waals surface area (Å²) in [6.45, 7) is 2.11. The summed E-state index contributed by atoms with van der Waals surface area (Å²) in [5.74, 6) is 5.59. The highest BCUT2D eigenvalue weighted by molar-refractivity contribution is 6.42. The van der Waals surface area contributed by atoms with Gasteiger partial charge in [0, 0.05) is 7.11 Å². The van der Waals surface area contributed by atoms with Gasteiger partial charge in [-0.3, -0.25) is 11.3 Å². The van der Waals surface area contributed by atoms with Crippen LogP contribution in [0.25, 0.3) is 0 Å². The lowest BCUT2D eigenvalue weighted by Gasteiger charge is -2.25. The number of rotatable bonds is 6. The molecule has 0 amide bonds. The van der Waals surface area contributed by atoms with Crippen LogP contribution >= 0.6 is 23.2 Å². The third-order valence-electron chi connectivity index (χ3n) is 2.73. The predicted octanol–water partition coefficient (Wildman–Crippen LogP) is 3.31. The van der Waals surface area contributed by atoms with Gasteiger partial charge < -0.3 is 4.74 Å². The van der Waals surface area contributed by atoms with Gasteiger partial charge in [0.05, 0.1) is 22.2 Å². The molecule has 1 aromatic rings. The lowest BCUT2D eigenvalue weighted by atomic mass is 9.99. The fourth-order valence-electron chi connectivity index (χ4n) is 1.83. The number of methoxy groups -OCH3 is 1. The third kappa shape index (κ3) is 3.83. The van der Waals surface area contributed by atoms with Crippen LogP contribution in [0.4, 0.5) is 0 Å². The van der Waals surface area contributed by atoms with Crippen molar-refractivity contribution in [1.29, 1.82) is 0 Å². The summed E-state index contributed by atoms with van der Waals surface area (Å²) in [6, 6.07) is 5.40. The van der Waals surface area contributed by atoms with Crippen molar-refractivity contribution in [3.63, 3.8) is 0 Å². The van der Waals surface area contributed by atoms with Crippen LogP contribution in [0.3, 0.4) is 0 Å². The lowest BCUT2D eigenvalue weighted by molar-refractivity contribution is 0.0606. The van der Waals surface area contributed by atoms with Crippen molar-refractivity contribution in [2.45, 2.75) is 31.9 Å². The van der Waals surface area contributed by atoms with Crippen molar-refractivity contribution in [3.05, 3.63) is 33.8 Å². The zero-order valence-electron chi connectivity index (χ0n) is 10.0. The normalized spacial score (nSPS) is 14.6. The summed E-state index contributed by atoms with van der Waals surface area (Å²) in [5, 5.41) is 1.06. The number of hydrogen-bond acceptors (Lipinski definition) is 3. The Morgan fingerprint density at radius 2 is 2.06 bits per heavy atom. The Kier molecular flexibility index (Phi) is 6.23. The van der Waals surface area contributed by atoms with Crippen molar-refractivity contribution >= 4 is 23.2 Å². The van der Waals surface area contributed by atoms with Gasteiger partial charge in [0.25, 0.3) is 0 Å². The minimum atomic E-state index is -0.0882. The maximum atomic E-state index is 6.00. The van der Waals surface area contributed by atoms with Gasteiger partial charge in [-0.2, -0.15) is 0 Å². The Labute approximate surface area is 112 Å². The van der Waals surface area contributed by atoms with Gasteiger partial charge in [-0.15, -0.1) is 0 Å². The van der Waals surface area contributed by atoms with Crippen LogP contribution in [0.5, 0.6) is 0 Å². The molecule has 1 aromatic carbocycles. The molecule has 0 aliphatic carbocycles. The van der Waals surface area contributed by atoms with Crippen LogP contribution in [0.2, 0.25) is 10.0 Å². The topological polar surface area (TPSA) is 47.3 Å². The van der Waals surface area contributed by atoms with E-state index in [1.165, 1.54) is 0 Å². The van der Waals surface area contributed by atoms with Crippen molar-refractivity contribution < 1.29 is 4.74 Å². The van der Waals surface area contributed by atoms with E-state index in [1.54, 1.807) is 13.2 Å². The van der Waals surface area contributed by atoms with Gasteiger partial charge >= 0.3 is 0 Å². The average molecular weight is 277 g/mol. The Balaban J connectivity index is 2.95. The van der Waals surface area contributed by atoms with E-state index in [1.807, 2.05) is 12.1 Å². The maximum Gasteiger partial charge on any atom is 0.0778 e. The molecule has 0 bridgehead atoms. The molecule has 5 heteroatoms. The fraction of sp³-hybridized carbons (Fsp3) is 0.500. The first-order chi connectivity index (χ1) is 8.13. The first-order valence-corrected chi connectivity index (χ1v) is 6.33. The van der Waals surface area contributed by atoms with Gasteiger partial charge in [0.1, 0.15) is 0 Å².